The standard InChI is InChI=1S/C13H17N3O4/c1-2-7-16-11(17)6-5-9(14-16)12(18)15-8-3-4-10(15)13(19)20/h5-6,10H,2-4,7-8H2,1H3,(H,19,20). The van der Waals surface area contributed by atoms with Crippen molar-refractivity contribution in [3.05, 3.63) is 28.2 Å². The molecule has 1 amide bonds. The summed E-state index contributed by atoms with van der Waals surface area (Å²) in [7, 11) is 0. The number of carboxylic acids is 1. The lowest BCUT2D eigenvalue weighted by Crippen LogP contribution is -2.41. The fourth-order valence-corrected chi connectivity index (χ4v) is 2.35. The zero-order valence-corrected chi connectivity index (χ0v) is 11.3. The topological polar surface area (TPSA) is 92.5 Å². The van der Waals surface area contributed by atoms with Crippen molar-refractivity contribution in [3.8, 4) is 0 Å². The predicted octanol–water partition coefficient (Wildman–Crippen LogP) is 0.342. The van der Waals surface area contributed by atoms with Crippen molar-refractivity contribution in [2.75, 3.05) is 6.54 Å². The first-order valence-corrected chi connectivity index (χ1v) is 6.66. The third kappa shape index (κ3) is 2.71. The summed E-state index contributed by atoms with van der Waals surface area (Å²) < 4.78 is 1.24. The van der Waals surface area contributed by atoms with Crippen LogP contribution in [0.5, 0.6) is 0 Å². The number of rotatable bonds is 4. The average molecular weight is 279 g/mol. The minimum absolute atomic E-state index is 0.117. The SMILES string of the molecule is CCCn1nc(C(=O)N2CCCC2C(=O)O)ccc1=O. The molecule has 1 fully saturated rings. The number of likely N-dealkylation sites (tertiary alicyclic amines) is 1. The van der Waals surface area contributed by atoms with Crippen LogP contribution in [-0.2, 0) is 11.3 Å². The van der Waals surface area contributed by atoms with E-state index in [2.05, 4.69) is 5.10 Å². The van der Waals surface area contributed by atoms with Crippen molar-refractivity contribution in [3.63, 3.8) is 0 Å². The number of hydrogen-bond donors (Lipinski definition) is 1. The summed E-state index contributed by atoms with van der Waals surface area (Å²) in [5, 5.41) is 13.1. The highest BCUT2D eigenvalue weighted by molar-refractivity contribution is 5.95. The van der Waals surface area contributed by atoms with Gasteiger partial charge >= 0.3 is 5.97 Å². The van der Waals surface area contributed by atoms with Crippen LogP contribution in [0.1, 0.15) is 36.7 Å². The summed E-state index contributed by atoms with van der Waals surface area (Å²) in [4.78, 5) is 36.3. The summed E-state index contributed by atoms with van der Waals surface area (Å²) in [5.74, 6) is -1.43. The van der Waals surface area contributed by atoms with Crippen LogP contribution in [0.3, 0.4) is 0 Å². The maximum atomic E-state index is 12.3. The van der Waals surface area contributed by atoms with E-state index >= 15 is 0 Å². The molecule has 0 radical (unpaired) electrons. The third-order valence-corrected chi connectivity index (χ3v) is 3.32. The van der Waals surface area contributed by atoms with Crippen LogP contribution in [0.4, 0.5) is 0 Å². The number of hydrogen-bond acceptors (Lipinski definition) is 4. The van der Waals surface area contributed by atoms with Crippen LogP contribution in [0.15, 0.2) is 16.9 Å². The quantitative estimate of drug-likeness (QED) is 0.858. The third-order valence-electron chi connectivity index (χ3n) is 3.32. The molecule has 1 atom stereocenters. The Balaban J connectivity index is 2.27. The van der Waals surface area contributed by atoms with E-state index in [-0.39, 0.29) is 11.3 Å². The van der Waals surface area contributed by atoms with Crippen molar-refractivity contribution >= 4 is 11.9 Å². The molecule has 1 aliphatic heterocycles. The molecule has 2 rings (SSSR count). The minimum atomic E-state index is -1.00. The van der Waals surface area contributed by atoms with Gasteiger partial charge in [-0.15, -0.1) is 0 Å². The highest BCUT2D eigenvalue weighted by Crippen LogP contribution is 2.19. The van der Waals surface area contributed by atoms with E-state index in [1.54, 1.807) is 0 Å². The van der Waals surface area contributed by atoms with Gasteiger partial charge in [0.05, 0.1) is 0 Å². The van der Waals surface area contributed by atoms with E-state index in [9.17, 15) is 14.4 Å². The molecule has 0 spiro atoms. The molecule has 7 nitrogen and oxygen atoms in total. The zero-order chi connectivity index (χ0) is 14.7. The van der Waals surface area contributed by atoms with Gasteiger partial charge in [0.1, 0.15) is 11.7 Å². The minimum Gasteiger partial charge on any atom is -0.480 e. The van der Waals surface area contributed by atoms with Gasteiger partial charge in [0.25, 0.3) is 11.5 Å². The van der Waals surface area contributed by atoms with Gasteiger partial charge in [0, 0.05) is 19.2 Å². The number of carbonyl (C=O) groups is 2. The van der Waals surface area contributed by atoms with Crippen LogP contribution in [-0.4, -0.2) is 44.3 Å². The first-order valence-electron chi connectivity index (χ1n) is 6.66. The Hall–Kier alpha value is -2.18. The second kappa shape index (κ2) is 5.85. The molecule has 2 heterocycles. The van der Waals surface area contributed by atoms with Crippen molar-refractivity contribution < 1.29 is 14.7 Å². The summed E-state index contributed by atoms with van der Waals surface area (Å²) in [6.07, 6.45) is 1.85. The van der Waals surface area contributed by atoms with Crippen molar-refractivity contribution in [1.29, 1.82) is 0 Å². The Morgan fingerprint density at radius 3 is 2.85 bits per heavy atom. The van der Waals surface area contributed by atoms with Crippen LogP contribution < -0.4 is 5.56 Å². The van der Waals surface area contributed by atoms with E-state index in [0.717, 1.165) is 6.42 Å². The fraction of sp³-hybridized carbons (Fsp3) is 0.538. The highest BCUT2D eigenvalue weighted by Gasteiger charge is 2.35. The number of nitrogens with zero attached hydrogens (tertiary/aromatic N) is 3. The number of carbonyl (C=O) groups excluding carboxylic acids is 1. The van der Waals surface area contributed by atoms with E-state index < -0.39 is 17.9 Å². The Bertz CT molecular complexity index is 581. The van der Waals surface area contributed by atoms with Crippen LogP contribution in [0.25, 0.3) is 0 Å². The molecule has 1 unspecified atom stereocenters. The van der Waals surface area contributed by atoms with Crippen LogP contribution in [0, 0.1) is 0 Å². The zero-order valence-electron chi connectivity index (χ0n) is 11.3. The van der Waals surface area contributed by atoms with E-state index in [1.165, 1.54) is 21.7 Å². The molecule has 7 heteroatoms. The number of carboxylic acid groups (broad SMARTS) is 1. The lowest BCUT2D eigenvalue weighted by atomic mass is 10.2. The lowest BCUT2D eigenvalue weighted by Gasteiger charge is -2.21. The van der Waals surface area contributed by atoms with Crippen LogP contribution >= 0.6 is 0 Å². The van der Waals surface area contributed by atoms with Gasteiger partial charge in [-0.1, -0.05) is 6.92 Å². The largest absolute Gasteiger partial charge is 0.480 e. The molecule has 1 N–H and O–H groups in total. The first kappa shape index (κ1) is 14.2. The maximum absolute atomic E-state index is 12.3. The summed E-state index contributed by atoms with van der Waals surface area (Å²) in [6, 6.07) is 1.85. The molecule has 0 bridgehead atoms. The van der Waals surface area contributed by atoms with E-state index in [4.69, 9.17) is 5.11 Å². The number of amides is 1. The van der Waals surface area contributed by atoms with Gasteiger partial charge in [0.2, 0.25) is 0 Å². The van der Waals surface area contributed by atoms with Gasteiger partial charge in [-0.25, -0.2) is 9.48 Å². The van der Waals surface area contributed by atoms with Gasteiger partial charge in [-0.2, -0.15) is 5.10 Å². The molecule has 20 heavy (non-hydrogen) atoms. The van der Waals surface area contributed by atoms with Gasteiger partial charge < -0.3 is 10.0 Å². The van der Waals surface area contributed by atoms with Crippen LogP contribution in [0.2, 0.25) is 0 Å². The number of aromatic nitrogens is 2. The lowest BCUT2D eigenvalue weighted by molar-refractivity contribution is -0.141. The second-order valence-corrected chi connectivity index (χ2v) is 4.77. The van der Waals surface area contributed by atoms with Gasteiger partial charge in [0.15, 0.2) is 0 Å². The molecule has 1 aliphatic rings. The van der Waals surface area contributed by atoms with Crippen molar-refractivity contribution in [1.82, 2.24) is 14.7 Å². The molecule has 0 aromatic carbocycles. The smallest absolute Gasteiger partial charge is 0.326 e. The normalized spacial score (nSPS) is 18.2. The molecular formula is C13H17N3O4. The number of aryl methyl sites for hydroxylation is 1. The van der Waals surface area contributed by atoms with E-state index in [1.807, 2.05) is 6.92 Å². The van der Waals surface area contributed by atoms with Gasteiger partial charge in [-0.3, -0.25) is 9.59 Å². The molecule has 0 aliphatic carbocycles. The fourth-order valence-electron chi connectivity index (χ4n) is 2.35. The molecule has 1 saturated heterocycles. The monoisotopic (exact) mass is 279 g/mol. The van der Waals surface area contributed by atoms with E-state index in [0.29, 0.717) is 25.9 Å². The average Bonchev–Trinajstić information content (AvgIpc) is 2.90. The highest BCUT2D eigenvalue weighted by atomic mass is 16.4. The predicted molar refractivity (Wildman–Crippen MR) is 70.5 cm³/mol. The Kier molecular flexibility index (Phi) is 4.16. The Labute approximate surface area is 115 Å². The van der Waals surface area contributed by atoms with Crippen molar-refractivity contribution in [2.24, 2.45) is 0 Å². The first-order chi connectivity index (χ1) is 9.54. The summed E-state index contributed by atoms with van der Waals surface area (Å²) >= 11 is 0. The molecule has 1 aromatic rings. The maximum Gasteiger partial charge on any atom is 0.326 e. The summed E-state index contributed by atoms with van der Waals surface area (Å²) in [6.45, 7) is 2.75. The summed E-state index contributed by atoms with van der Waals surface area (Å²) in [5.41, 5.74) is -0.147. The van der Waals surface area contributed by atoms with Crippen molar-refractivity contribution in [2.45, 2.75) is 38.8 Å². The Morgan fingerprint density at radius 1 is 1.45 bits per heavy atom. The molecule has 108 valence electrons. The molecule has 1 aromatic heterocycles. The van der Waals surface area contributed by atoms with Gasteiger partial charge in [-0.05, 0) is 25.3 Å². The molecule has 0 saturated carbocycles. The Morgan fingerprint density at radius 2 is 2.20 bits per heavy atom. The second-order valence-electron chi connectivity index (χ2n) is 4.77. The number of aliphatic carboxylic acids is 1. The molecular weight excluding hydrogens is 262 g/mol.